The van der Waals surface area contributed by atoms with Gasteiger partial charge in [-0.1, -0.05) is 6.92 Å². The van der Waals surface area contributed by atoms with E-state index in [2.05, 4.69) is 17.3 Å². The Balaban J connectivity index is 2.01. The van der Waals surface area contributed by atoms with Crippen molar-refractivity contribution < 1.29 is 14.7 Å². The van der Waals surface area contributed by atoms with Crippen molar-refractivity contribution in [1.29, 1.82) is 0 Å². The van der Waals surface area contributed by atoms with Crippen LogP contribution >= 0.6 is 0 Å². The third-order valence-corrected chi connectivity index (χ3v) is 3.64. The Hall–Kier alpha value is -2.05. The predicted octanol–water partition coefficient (Wildman–Crippen LogP) is 0.987. The van der Waals surface area contributed by atoms with Gasteiger partial charge >= 0.3 is 12.0 Å². The highest BCUT2D eigenvalue weighted by Crippen LogP contribution is 2.17. The molecule has 1 saturated heterocycles. The van der Waals surface area contributed by atoms with E-state index in [0.717, 1.165) is 12.8 Å². The number of carboxylic acid groups (broad SMARTS) is 1. The zero-order valence-corrected chi connectivity index (χ0v) is 11.7. The molecular weight excluding hydrogens is 260 g/mol. The van der Waals surface area contributed by atoms with Crippen LogP contribution in [0.25, 0.3) is 0 Å². The minimum atomic E-state index is -1.09. The number of carbonyl (C=O) groups is 2. The summed E-state index contributed by atoms with van der Waals surface area (Å²) in [5, 5.41) is 15.8. The van der Waals surface area contributed by atoms with Gasteiger partial charge in [-0.25, -0.2) is 9.59 Å². The first-order chi connectivity index (χ1) is 9.47. The van der Waals surface area contributed by atoms with Gasteiger partial charge in [-0.15, -0.1) is 0 Å². The van der Waals surface area contributed by atoms with Gasteiger partial charge in [0, 0.05) is 31.9 Å². The maximum absolute atomic E-state index is 12.1. The second kappa shape index (κ2) is 5.94. The van der Waals surface area contributed by atoms with Gasteiger partial charge < -0.3 is 15.3 Å². The van der Waals surface area contributed by atoms with Gasteiger partial charge in [0.1, 0.15) is 0 Å². The fourth-order valence-corrected chi connectivity index (χ4v) is 2.30. The number of hydrogen-bond acceptors (Lipinski definition) is 3. The Labute approximate surface area is 117 Å². The van der Waals surface area contributed by atoms with Crippen LogP contribution in [0.3, 0.4) is 0 Å². The topological polar surface area (TPSA) is 87.5 Å². The second-order valence-corrected chi connectivity index (χ2v) is 5.34. The van der Waals surface area contributed by atoms with Crippen molar-refractivity contribution in [2.24, 2.45) is 13.0 Å². The Morgan fingerprint density at radius 3 is 2.60 bits per heavy atom. The average Bonchev–Trinajstić information content (AvgIpc) is 2.82. The number of carbonyl (C=O) groups excluding carboxylic acids is 1. The fraction of sp³-hybridized carbons (Fsp3) is 0.615. The van der Waals surface area contributed by atoms with E-state index in [1.54, 1.807) is 18.1 Å². The summed E-state index contributed by atoms with van der Waals surface area (Å²) in [4.78, 5) is 25.1. The molecule has 1 unspecified atom stereocenters. The molecule has 2 N–H and O–H groups in total. The minimum absolute atomic E-state index is 0.326. The second-order valence-electron chi connectivity index (χ2n) is 5.34. The van der Waals surface area contributed by atoms with Gasteiger partial charge in [0.05, 0.1) is 6.20 Å². The summed E-state index contributed by atoms with van der Waals surface area (Å²) in [5.74, 6) is -0.468. The Morgan fingerprint density at radius 1 is 1.45 bits per heavy atom. The van der Waals surface area contributed by atoms with E-state index >= 15 is 0 Å². The molecule has 0 radical (unpaired) electrons. The molecule has 0 aliphatic carbocycles. The van der Waals surface area contributed by atoms with Crippen molar-refractivity contribution in [3.63, 3.8) is 0 Å². The van der Waals surface area contributed by atoms with Gasteiger partial charge in [0.15, 0.2) is 6.04 Å². The van der Waals surface area contributed by atoms with Crippen molar-refractivity contribution in [1.82, 2.24) is 20.0 Å². The Morgan fingerprint density at radius 2 is 2.10 bits per heavy atom. The lowest BCUT2D eigenvalue weighted by atomic mass is 9.99. The highest BCUT2D eigenvalue weighted by molar-refractivity contribution is 5.83. The number of aromatic nitrogens is 2. The number of carboxylic acids is 1. The number of nitrogens with one attached hydrogen (secondary N) is 1. The largest absolute Gasteiger partial charge is 0.479 e. The van der Waals surface area contributed by atoms with Crippen LogP contribution in [0.15, 0.2) is 12.4 Å². The van der Waals surface area contributed by atoms with Gasteiger partial charge in [-0.2, -0.15) is 5.10 Å². The number of urea groups is 1. The van der Waals surface area contributed by atoms with Crippen molar-refractivity contribution in [2.45, 2.75) is 25.8 Å². The van der Waals surface area contributed by atoms with E-state index in [1.165, 1.54) is 10.9 Å². The highest BCUT2D eigenvalue weighted by Gasteiger charge is 2.27. The molecule has 0 aromatic carbocycles. The molecule has 1 fully saturated rings. The van der Waals surface area contributed by atoms with E-state index < -0.39 is 12.0 Å². The Kier molecular flexibility index (Phi) is 4.26. The summed E-state index contributed by atoms with van der Waals surface area (Å²) in [6.07, 6.45) is 4.96. The van der Waals surface area contributed by atoms with E-state index in [-0.39, 0.29) is 6.03 Å². The minimum Gasteiger partial charge on any atom is -0.479 e. The molecular formula is C13H20N4O3. The van der Waals surface area contributed by atoms with E-state index in [1.807, 2.05) is 0 Å². The molecule has 1 aromatic heterocycles. The summed E-state index contributed by atoms with van der Waals surface area (Å²) in [6.45, 7) is 3.50. The van der Waals surface area contributed by atoms with Crippen molar-refractivity contribution in [2.75, 3.05) is 13.1 Å². The standard InChI is InChI=1S/C13H20N4O3/c1-9-3-5-17(6-4-9)13(20)15-11(12(18)19)10-7-14-16(2)8-10/h7-9,11H,3-6H2,1-2H3,(H,15,20)(H,18,19). The van der Waals surface area contributed by atoms with Crippen molar-refractivity contribution >= 4 is 12.0 Å². The Bertz CT molecular complexity index is 492. The van der Waals surface area contributed by atoms with Crippen LogP contribution in [0, 0.1) is 5.92 Å². The summed E-state index contributed by atoms with van der Waals surface area (Å²) in [7, 11) is 1.70. The number of aliphatic carboxylic acids is 1. The van der Waals surface area contributed by atoms with Crippen LogP contribution in [0.4, 0.5) is 4.79 Å². The smallest absolute Gasteiger partial charge is 0.331 e. The van der Waals surface area contributed by atoms with Crippen LogP contribution in [0.5, 0.6) is 0 Å². The zero-order valence-electron chi connectivity index (χ0n) is 11.7. The van der Waals surface area contributed by atoms with Gasteiger partial charge in [0.2, 0.25) is 0 Å². The normalized spacial score (nSPS) is 17.8. The summed E-state index contributed by atoms with van der Waals surface area (Å²) in [5.41, 5.74) is 0.471. The van der Waals surface area contributed by atoms with Crippen LogP contribution in [-0.4, -0.2) is 44.9 Å². The summed E-state index contributed by atoms with van der Waals surface area (Å²) >= 11 is 0. The summed E-state index contributed by atoms with van der Waals surface area (Å²) in [6, 6.07) is -1.39. The lowest BCUT2D eigenvalue weighted by Gasteiger charge is -2.31. The molecule has 0 spiro atoms. The number of rotatable bonds is 3. The van der Waals surface area contributed by atoms with E-state index in [9.17, 15) is 14.7 Å². The molecule has 110 valence electrons. The van der Waals surface area contributed by atoms with Crippen LogP contribution in [0.2, 0.25) is 0 Å². The maximum atomic E-state index is 12.1. The number of hydrogen-bond donors (Lipinski definition) is 2. The van der Waals surface area contributed by atoms with Crippen molar-refractivity contribution in [3.05, 3.63) is 18.0 Å². The number of nitrogens with zero attached hydrogens (tertiary/aromatic N) is 3. The lowest BCUT2D eigenvalue weighted by Crippen LogP contribution is -2.46. The van der Waals surface area contributed by atoms with E-state index in [0.29, 0.717) is 24.6 Å². The molecule has 1 aliphatic rings. The summed E-state index contributed by atoms with van der Waals surface area (Å²) < 4.78 is 1.51. The van der Waals surface area contributed by atoms with E-state index in [4.69, 9.17) is 0 Å². The number of aryl methyl sites for hydroxylation is 1. The molecule has 7 heteroatoms. The number of amides is 2. The first-order valence-electron chi connectivity index (χ1n) is 6.74. The number of likely N-dealkylation sites (tertiary alicyclic amines) is 1. The van der Waals surface area contributed by atoms with Crippen molar-refractivity contribution in [3.8, 4) is 0 Å². The third-order valence-electron chi connectivity index (χ3n) is 3.64. The van der Waals surface area contributed by atoms with Gasteiger partial charge in [-0.05, 0) is 18.8 Å². The molecule has 20 heavy (non-hydrogen) atoms. The molecule has 1 aromatic rings. The van der Waals surface area contributed by atoms with Gasteiger partial charge in [-0.3, -0.25) is 4.68 Å². The molecule has 7 nitrogen and oxygen atoms in total. The van der Waals surface area contributed by atoms with Gasteiger partial charge in [0.25, 0.3) is 0 Å². The highest BCUT2D eigenvalue weighted by atomic mass is 16.4. The quantitative estimate of drug-likeness (QED) is 0.864. The SMILES string of the molecule is CC1CCN(C(=O)NC(C(=O)O)c2cnn(C)c2)CC1. The molecule has 2 rings (SSSR count). The molecule has 2 heterocycles. The molecule has 0 bridgehead atoms. The van der Waals surface area contributed by atoms with Crippen LogP contribution in [0.1, 0.15) is 31.4 Å². The molecule has 2 amide bonds. The fourth-order valence-electron chi connectivity index (χ4n) is 2.30. The molecule has 0 saturated carbocycles. The predicted molar refractivity (Wildman–Crippen MR) is 72.1 cm³/mol. The van der Waals surface area contributed by atoms with Crippen LogP contribution in [-0.2, 0) is 11.8 Å². The first-order valence-corrected chi connectivity index (χ1v) is 6.74. The van der Waals surface area contributed by atoms with Crippen LogP contribution < -0.4 is 5.32 Å². The number of piperidine rings is 1. The lowest BCUT2D eigenvalue weighted by molar-refractivity contribution is -0.139. The third kappa shape index (κ3) is 3.28. The average molecular weight is 280 g/mol. The first kappa shape index (κ1) is 14.4. The maximum Gasteiger partial charge on any atom is 0.331 e. The zero-order chi connectivity index (χ0) is 14.7. The molecule has 1 aliphatic heterocycles. The monoisotopic (exact) mass is 280 g/mol. The molecule has 1 atom stereocenters.